The summed E-state index contributed by atoms with van der Waals surface area (Å²) in [4.78, 5) is 25.9. The summed E-state index contributed by atoms with van der Waals surface area (Å²) in [5.41, 5.74) is 2.35. The Kier molecular flexibility index (Phi) is 6.85. The van der Waals surface area contributed by atoms with Gasteiger partial charge in [-0.3, -0.25) is 9.88 Å². The van der Waals surface area contributed by atoms with E-state index in [9.17, 15) is 15.2 Å². The fourth-order valence-electron chi connectivity index (χ4n) is 6.92. The number of carboxylic acids is 1. The molecular weight excluding hydrogens is 631 g/mol. The highest BCUT2D eigenvalue weighted by Gasteiger charge is 2.47. The van der Waals surface area contributed by atoms with Crippen molar-refractivity contribution in [3.05, 3.63) is 75.8 Å². The Labute approximate surface area is 274 Å². The first-order valence-electron chi connectivity index (χ1n) is 15.2. The Hall–Kier alpha value is -4.08. The molecule has 8 rings (SSSR count). The lowest BCUT2D eigenvalue weighted by Gasteiger charge is -2.44. The molecule has 11 nitrogen and oxygen atoms in total. The Morgan fingerprint density at radius 2 is 1.96 bits per heavy atom. The number of piperazine rings is 1. The highest BCUT2D eigenvalue weighted by Crippen LogP contribution is 2.50. The van der Waals surface area contributed by atoms with Gasteiger partial charge in [-0.25, -0.2) is 9.78 Å². The van der Waals surface area contributed by atoms with E-state index in [1.807, 2.05) is 29.7 Å². The van der Waals surface area contributed by atoms with Gasteiger partial charge in [-0.05, 0) is 49.2 Å². The summed E-state index contributed by atoms with van der Waals surface area (Å²) in [6, 6.07) is 15.1. The maximum absolute atomic E-state index is 11.9. The van der Waals surface area contributed by atoms with E-state index in [1.165, 1.54) is 6.07 Å². The van der Waals surface area contributed by atoms with Crippen molar-refractivity contribution >= 4 is 45.9 Å². The number of fused-ring (bicyclic) bond motifs is 3. The number of aromatic carboxylic acids is 1. The summed E-state index contributed by atoms with van der Waals surface area (Å²) in [5, 5.41) is 20.4. The molecule has 3 aliphatic heterocycles. The summed E-state index contributed by atoms with van der Waals surface area (Å²) in [6.07, 6.45) is 3.18. The van der Waals surface area contributed by atoms with Gasteiger partial charge in [-0.1, -0.05) is 29.3 Å². The molecular formula is C33H30Cl2N6O5. The van der Waals surface area contributed by atoms with Crippen molar-refractivity contribution in [2.75, 3.05) is 31.2 Å². The second-order valence-electron chi connectivity index (χ2n) is 12.6. The number of para-hydroxylation sites is 1. The van der Waals surface area contributed by atoms with E-state index in [2.05, 4.69) is 20.9 Å². The highest BCUT2D eigenvalue weighted by atomic mass is 35.5. The summed E-state index contributed by atoms with van der Waals surface area (Å²) >= 11 is 12.6. The van der Waals surface area contributed by atoms with Crippen LogP contribution in [0, 0.1) is 16.7 Å². The van der Waals surface area contributed by atoms with E-state index in [-0.39, 0.29) is 22.7 Å². The number of hydrogen-bond donors (Lipinski definition) is 1. The van der Waals surface area contributed by atoms with Crippen LogP contribution in [0.15, 0.2) is 48.7 Å². The normalized spacial score (nSPS) is 24.6. The molecule has 46 heavy (non-hydrogen) atoms. The molecule has 1 saturated carbocycles. The Morgan fingerprint density at radius 3 is 2.70 bits per heavy atom. The number of imidazole rings is 1. The second-order valence-corrected chi connectivity index (χ2v) is 13.4. The first-order chi connectivity index (χ1) is 22.2. The second kappa shape index (κ2) is 10.7. The van der Waals surface area contributed by atoms with Gasteiger partial charge < -0.3 is 28.8 Å². The molecule has 0 unspecified atom stereocenters. The number of benzene rings is 2. The molecule has 3 fully saturated rings. The smallest absolute Gasteiger partial charge is 0.335 e. The summed E-state index contributed by atoms with van der Waals surface area (Å²) in [7, 11) is 0. The first-order valence-corrected chi connectivity index (χ1v) is 16.0. The molecule has 1 N–H and O–H groups in total. The van der Waals surface area contributed by atoms with Crippen molar-refractivity contribution in [2.45, 2.75) is 50.7 Å². The number of pyridine rings is 1. The van der Waals surface area contributed by atoms with Crippen molar-refractivity contribution in [3.63, 3.8) is 0 Å². The van der Waals surface area contributed by atoms with Crippen LogP contribution in [-0.2, 0) is 23.6 Å². The maximum atomic E-state index is 11.9. The van der Waals surface area contributed by atoms with E-state index >= 15 is 0 Å². The van der Waals surface area contributed by atoms with Crippen LogP contribution in [0.25, 0.3) is 11.0 Å². The molecule has 0 radical (unpaired) electrons. The number of halogens is 2. The van der Waals surface area contributed by atoms with Crippen LogP contribution in [-0.4, -0.2) is 68.9 Å². The van der Waals surface area contributed by atoms with Crippen LogP contribution < -0.4 is 14.4 Å². The average molecular weight is 662 g/mol. The van der Waals surface area contributed by atoms with E-state index in [0.29, 0.717) is 72.6 Å². The highest BCUT2D eigenvalue weighted by molar-refractivity contribution is 6.35. The molecule has 236 valence electrons. The summed E-state index contributed by atoms with van der Waals surface area (Å²) < 4.78 is 20.9. The minimum Gasteiger partial charge on any atom is -0.478 e. The zero-order valence-corrected chi connectivity index (χ0v) is 26.5. The van der Waals surface area contributed by atoms with E-state index in [0.717, 1.165) is 24.4 Å². The monoisotopic (exact) mass is 660 g/mol. The first kappa shape index (κ1) is 29.3. The summed E-state index contributed by atoms with van der Waals surface area (Å²) in [5.74, 6) is -0.0958. The van der Waals surface area contributed by atoms with Gasteiger partial charge in [0, 0.05) is 32.8 Å². The molecule has 4 aromatic rings. The molecule has 1 aliphatic carbocycles. The fourth-order valence-corrected chi connectivity index (χ4v) is 7.29. The number of carbonyl (C=O) groups is 1. The molecule has 2 aromatic carbocycles. The lowest BCUT2D eigenvalue weighted by atomic mass is 10.0. The molecule has 2 saturated heterocycles. The predicted molar refractivity (Wildman–Crippen MR) is 169 cm³/mol. The summed E-state index contributed by atoms with van der Waals surface area (Å²) in [6.45, 7) is 5.30. The number of aromatic nitrogens is 3. The molecule has 4 aliphatic rings. The third-order valence-electron chi connectivity index (χ3n) is 9.61. The third kappa shape index (κ3) is 4.83. The Bertz CT molecular complexity index is 1920. The van der Waals surface area contributed by atoms with Gasteiger partial charge in [0.15, 0.2) is 11.5 Å². The molecule has 0 bridgehead atoms. The van der Waals surface area contributed by atoms with Gasteiger partial charge in [0.2, 0.25) is 0 Å². The quantitative estimate of drug-likeness (QED) is 0.273. The zero-order valence-electron chi connectivity index (χ0n) is 24.9. The van der Waals surface area contributed by atoms with Crippen LogP contribution in [0.1, 0.15) is 41.6 Å². The Morgan fingerprint density at radius 1 is 1.13 bits per heavy atom. The van der Waals surface area contributed by atoms with Crippen molar-refractivity contribution < 1.29 is 24.1 Å². The number of nitrogens with zero attached hydrogens (tertiary/aromatic N) is 6. The lowest BCUT2D eigenvalue weighted by Crippen LogP contribution is -2.59. The average Bonchev–Trinajstić information content (AvgIpc) is 3.32. The van der Waals surface area contributed by atoms with Gasteiger partial charge in [-0.2, -0.15) is 5.26 Å². The number of ether oxygens (including phenoxy) is 3. The number of hydrogen-bond acceptors (Lipinski definition) is 9. The van der Waals surface area contributed by atoms with E-state index < -0.39 is 17.2 Å². The fraction of sp³-hybridized carbons (Fsp3) is 0.394. The standard InChI is InChI=1S/C33H30Cl2N6O5/c1-32(27-6-5-20(34)13-37-27)45-26-4-2-3-22(30(26)46-32)40-10-9-39(24-15-44-16-25(24)40)14-28-38-29-21(35)11-19(31(42)43)12-23(29)41(28)18-33(17-36)7-8-33/h2-6,11-13,24-25H,7-10,14-16,18H2,1H3,(H,42,43)/t24-,25+,32-/m1/s1. The Balaban J connectivity index is 1.09. The van der Waals surface area contributed by atoms with Crippen LogP contribution >= 0.6 is 23.2 Å². The molecule has 5 heterocycles. The van der Waals surface area contributed by atoms with Gasteiger partial charge in [0.1, 0.15) is 17.0 Å². The zero-order chi connectivity index (χ0) is 31.8. The van der Waals surface area contributed by atoms with Crippen molar-refractivity contribution in [3.8, 4) is 17.6 Å². The molecule has 3 atom stereocenters. The van der Waals surface area contributed by atoms with E-state index in [4.69, 9.17) is 42.4 Å². The van der Waals surface area contributed by atoms with E-state index in [1.54, 1.807) is 24.4 Å². The maximum Gasteiger partial charge on any atom is 0.335 e. The minimum atomic E-state index is -1.10. The SMILES string of the molecule is C[C@@]1(c2ccc(Cl)cn2)Oc2cccc(N3CCN(Cc4nc5c(Cl)cc(C(=O)O)cc5n4CC4(C#N)CC4)[C@@H]4COC[C@@H]43)c2O1. The van der Waals surface area contributed by atoms with Crippen LogP contribution in [0.4, 0.5) is 5.69 Å². The molecule has 13 heteroatoms. The van der Waals surface area contributed by atoms with Crippen LogP contribution in [0.2, 0.25) is 10.0 Å². The molecule has 0 amide bonds. The predicted octanol–water partition coefficient (Wildman–Crippen LogP) is 5.47. The third-order valence-corrected chi connectivity index (χ3v) is 10.1. The van der Waals surface area contributed by atoms with Gasteiger partial charge in [0.05, 0.1) is 70.1 Å². The van der Waals surface area contributed by atoms with Crippen molar-refractivity contribution in [1.29, 1.82) is 5.26 Å². The largest absolute Gasteiger partial charge is 0.478 e. The van der Waals surface area contributed by atoms with Gasteiger partial charge >= 0.3 is 5.97 Å². The molecule has 0 spiro atoms. The van der Waals surface area contributed by atoms with Crippen LogP contribution in [0.3, 0.4) is 0 Å². The van der Waals surface area contributed by atoms with Gasteiger partial charge in [-0.15, -0.1) is 0 Å². The van der Waals surface area contributed by atoms with Crippen molar-refractivity contribution in [1.82, 2.24) is 19.4 Å². The van der Waals surface area contributed by atoms with Crippen LogP contribution in [0.5, 0.6) is 11.5 Å². The number of carboxylic acid groups (broad SMARTS) is 1. The topological polar surface area (TPSA) is 126 Å². The number of nitriles is 1. The molecule has 2 aromatic heterocycles. The number of anilines is 1. The van der Waals surface area contributed by atoms with Gasteiger partial charge in [0.25, 0.3) is 5.79 Å². The lowest BCUT2D eigenvalue weighted by molar-refractivity contribution is -0.0716. The number of rotatable bonds is 7. The minimum absolute atomic E-state index is 0.0401. The van der Waals surface area contributed by atoms with Crippen molar-refractivity contribution in [2.24, 2.45) is 5.41 Å².